The monoisotopic (exact) mass is 328 g/mol. The molecule has 2 aliphatic rings. The molecule has 14 heavy (non-hydrogen) atoms. The van der Waals surface area contributed by atoms with E-state index in [1.807, 2.05) is 31.2 Å². The summed E-state index contributed by atoms with van der Waals surface area (Å²) in [5.74, 6) is 0. The summed E-state index contributed by atoms with van der Waals surface area (Å²) in [6.07, 6.45) is 20.0. The van der Waals surface area contributed by atoms with Crippen LogP contribution in [0, 0.1) is 12.2 Å². The van der Waals surface area contributed by atoms with Gasteiger partial charge in [0, 0.05) is 5.33 Å². The van der Waals surface area contributed by atoms with E-state index in [4.69, 9.17) is 0 Å². The fourth-order valence-electron chi connectivity index (χ4n) is 0.680. The first kappa shape index (κ1) is 16.7. The molecule has 0 fully saturated rings. The third-order valence-corrected chi connectivity index (χ3v) is 1.17. The molecule has 2 aliphatic carbocycles. The first-order chi connectivity index (χ1) is 6.41. The van der Waals surface area contributed by atoms with Crippen LogP contribution in [0.2, 0.25) is 0 Å². The predicted molar refractivity (Wildman–Crippen MR) is 62.6 cm³/mol. The van der Waals surface area contributed by atoms with Gasteiger partial charge in [-0.3, -0.25) is 12.2 Å². The van der Waals surface area contributed by atoms with E-state index in [0.29, 0.717) is 0 Å². The minimum absolute atomic E-state index is 0. The van der Waals surface area contributed by atoms with Crippen LogP contribution in [0.25, 0.3) is 0 Å². The molecule has 0 saturated carbocycles. The zero-order valence-corrected chi connectivity index (χ0v) is 12.5. The van der Waals surface area contributed by atoms with Crippen LogP contribution in [0.3, 0.4) is 0 Å². The van der Waals surface area contributed by atoms with Gasteiger partial charge in [-0.15, -0.1) is 12.8 Å². The number of hydrogen-bond acceptors (Lipinski definition) is 0. The van der Waals surface area contributed by atoms with E-state index < -0.39 is 0 Å². The molecular weight excluding hydrogens is 315 g/mol. The van der Waals surface area contributed by atoms with Crippen LogP contribution >= 0.6 is 15.9 Å². The molecule has 0 nitrogen and oxygen atoms in total. The molecule has 0 bridgehead atoms. The van der Waals surface area contributed by atoms with E-state index in [1.54, 1.807) is 0 Å². The fourth-order valence-corrected chi connectivity index (χ4v) is 0.680. The first-order valence-electron chi connectivity index (χ1n) is 4.41. The van der Waals surface area contributed by atoms with Crippen LogP contribution in [0.4, 0.5) is 0 Å². The molecule has 0 amide bonds. The van der Waals surface area contributed by atoms with Crippen LogP contribution in [-0.4, -0.2) is 5.33 Å². The molecule has 0 unspecified atom stereocenters. The molecule has 0 atom stereocenters. The van der Waals surface area contributed by atoms with Crippen molar-refractivity contribution in [1.82, 2.24) is 0 Å². The fraction of sp³-hybridized carbons (Fsp3) is 0.333. The van der Waals surface area contributed by atoms with Crippen molar-refractivity contribution >= 4 is 15.9 Å². The van der Waals surface area contributed by atoms with Gasteiger partial charge in [-0.1, -0.05) is 22.9 Å². The molecular formula is C12H15BrZr. The van der Waals surface area contributed by atoms with Gasteiger partial charge >= 0.3 is 26.2 Å². The Morgan fingerprint density at radius 2 is 1.43 bits per heavy atom. The third kappa shape index (κ3) is 14.8. The van der Waals surface area contributed by atoms with Crippen molar-refractivity contribution in [3.63, 3.8) is 0 Å². The second kappa shape index (κ2) is 15.8. The quantitative estimate of drug-likeness (QED) is 0.465. The number of hydrogen-bond donors (Lipinski definition) is 0. The molecule has 2 heteroatoms. The van der Waals surface area contributed by atoms with Gasteiger partial charge in [0.2, 0.25) is 0 Å². The van der Waals surface area contributed by atoms with Gasteiger partial charge in [-0.2, -0.15) is 12.2 Å². The van der Waals surface area contributed by atoms with Gasteiger partial charge < -0.3 is 0 Å². The summed E-state index contributed by atoms with van der Waals surface area (Å²) in [6.45, 7) is 2.04. The molecule has 74 valence electrons. The second-order valence-electron chi connectivity index (χ2n) is 2.27. The maximum atomic E-state index is 3.15. The van der Waals surface area contributed by atoms with Crippen LogP contribution < -0.4 is 0 Å². The van der Waals surface area contributed by atoms with E-state index in [1.165, 1.54) is 0 Å². The van der Waals surface area contributed by atoms with E-state index in [0.717, 1.165) is 18.2 Å². The van der Waals surface area contributed by atoms with Crippen LogP contribution in [0.15, 0.2) is 36.5 Å². The smallest absolute Gasteiger partial charge is 0.273 e. The number of allylic oxidation sites excluding steroid dienone is 8. The zero-order chi connectivity index (χ0) is 9.78. The zero-order valence-electron chi connectivity index (χ0n) is 8.46. The molecule has 0 aromatic carbocycles. The summed E-state index contributed by atoms with van der Waals surface area (Å²) in [7, 11) is 0. The number of halogens is 1. The minimum atomic E-state index is 0. The van der Waals surface area contributed by atoms with Gasteiger partial charge in [0.25, 0.3) is 0 Å². The molecule has 0 aliphatic heterocycles. The van der Waals surface area contributed by atoms with Gasteiger partial charge in [-0.25, -0.2) is 24.3 Å². The van der Waals surface area contributed by atoms with Crippen LogP contribution in [0.5, 0.6) is 0 Å². The van der Waals surface area contributed by atoms with E-state index in [-0.39, 0.29) is 26.2 Å². The van der Waals surface area contributed by atoms with Crippen molar-refractivity contribution in [3.8, 4) is 0 Å². The van der Waals surface area contributed by atoms with E-state index in [2.05, 4.69) is 40.2 Å². The summed E-state index contributed by atoms with van der Waals surface area (Å²) in [5, 5.41) is 1.06. The maximum absolute atomic E-state index is 3.15. The van der Waals surface area contributed by atoms with Crippen LogP contribution in [-0.2, 0) is 26.2 Å². The Hall–Kier alpha value is 0.323. The van der Waals surface area contributed by atoms with Crippen molar-refractivity contribution in [3.05, 3.63) is 48.6 Å². The number of rotatable bonds is 0. The Labute approximate surface area is 115 Å². The average molecular weight is 330 g/mol. The molecule has 2 rings (SSSR count). The molecule has 0 heterocycles. The maximum Gasteiger partial charge on any atom is 2.00 e. The summed E-state index contributed by atoms with van der Waals surface area (Å²) < 4.78 is 0. The topological polar surface area (TPSA) is 0 Å². The predicted octanol–water partition coefficient (Wildman–Crippen LogP) is 4.01. The molecule has 0 spiro atoms. The molecule has 0 radical (unpaired) electrons. The van der Waals surface area contributed by atoms with Crippen molar-refractivity contribution in [2.24, 2.45) is 0 Å². The van der Waals surface area contributed by atoms with E-state index >= 15 is 0 Å². The van der Waals surface area contributed by atoms with Gasteiger partial charge in [0.05, 0.1) is 0 Å². The summed E-state index contributed by atoms with van der Waals surface area (Å²) in [6, 6.07) is 0. The van der Waals surface area contributed by atoms with Crippen molar-refractivity contribution in [1.29, 1.82) is 0 Å². The summed E-state index contributed by atoms with van der Waals surface area (Å²) in [5.41, 5.74) is 0. The summed E-state index contributed by atoms with van der Waals surface area (Å²) >= 11 is 3.15. The average Bonchev–Trinajstić information content (AvgIpc) is 2.85. The van der Waals surface area contributed by atoms with Crippen molar-refractivity contribution < 1.29 is 26.2 Å². The standard InChI is InChI=1S/2C5H5.C2H5Br.Zr/c2*1-2-4-5-3-1;1-2-3;/h2*1-3H,4H2;2H2,1H3;/q2*-1;;+2. The van der Waals surface area contributed by atoms with E-state index in [9.17, 15) is 0 Å². The Balaban J connectivity index is 0. The second-order valence-corrected chi connectivity index (χ2v) is 3.39. The Bertz CT molecular complexity index is 160. The third-order valence-electron chi connectivity index (χ3n) is 1.17. The van der Waals surface area contributed by atoms with Gasteiger partial charge in [0.15, 0.2) is 0 Å². The molecule has 0 aromatic heterocycles. The molecule has 0 saturated heterocycles. The van der Waals surface area contributed by atoms with Gasteiger partial charge in [-0.05, 0) is 0 Å². The Morgan fingerprint density at radius 1 is 1.07 bits per heavy atom. The van der Waals surface area contributed by atoms with Crippen molar-refractivity contribution in [2.45, 2.75) is 19.8 Å². The Kier molecular flexibility index (Phi) is 18.9. The molecule has 0 N–H and O–H groups in total. The number of alkyl halides is 1. The minimum Gasteiger partial charge on any atom is -0.273 e. The largest absolute Gasteiger partial charge is 2.00 e. The van der Waals surface area contributed by atoms with Gasteiger partial charge in [0.1, 0.15) is 0 Å². The molecule has 0 aromatic rings. The Morgan fingerprint density at radius 3 is 1.50 bits per heavy atom. The first-order valence-corrected chi connectivity index (χ1v) is 5.53. The normalized spacial score (nSPS) is 13.9. The van der Waals surface area contributed by atoms with Crippen LogP contribution in [0.1, 0.15) is 19.8 Å². The SMILES string of the molecule is CCBr.[C-]1=CC=CC1.[C-]1=CC=CC1.[Zr+2]. The summed E-state index contributed by atoms with van der Waals surface area (Å²) in [4.78, 5) is 0. The van der Waals surface area contributed by atoms with Crippen molar-refractivity contribution in [2.75, 3.05) is 5.33 Å².